The summed E-state index contributed by atoms with van der Waals surface area (Å²) in [5, 5.41) is 0. The maximum Gasteiger partial charge on any atom is 0.255 e. The van der Waals surface area contributed by atoms with E-state index in [9.17, 15) is 4.79 Å². The summed E-state index contributed by atoms with van der Waals surface area (Å²) >= 11 is 0. The maximum absolute atomic E-state index is 11.4. The fraction of sp³-hybridized carbons (Fsp3) is 0.375. The van der Waals surface area contributed by atoms with Crippen molar-refractivity contribution in [2.75, 3.05) is 6.54 Å². The molecule has 0 saturated carbocycles. The standard InChI is InChI=1S/C8H13N3O/c9-3-5-11-4-1-2-7(6-10)8(11)12/h1-2,4H,3,5-6,9-10H2. The fourth-order valence-electron chi connectivity index (χ4n) is 1.06. The summed E-state index contributed by atoms with van der Waals surface area (Å²) < 4.78 is 1.57. The molecule has 0 amide bonds. The van der Waals surface area contributed by atoms with Crippen LogP contribution in [0.1, 0.15) is 5.56 Å². The van der Waals surface area contributed by atoms with E-state index >= 15 is 0 Å². The fourth-order valence-corrected chi connectivity index (χ4v) is 1.06. The predicted octanol–water partition coefficient (Wildman–Crippen LogP) is -0.734. The van der Waals surface area contributed by atoms with E-state index in [2.05, 4.69) is 0 Å². The highest BCUT2D eigenvalue weighted by Crippen LogP contribution is 1.89. The average Bonchev–Trinajstić information content (AvgIpc) is 2.09. The molecule has 1 aromatic heterocycles. The highest BCUT2D eigenvalue weighted by molar-refractivity contribution is 5.09. The highest BCUT2D eigenvalue weighted by Gasteiger charge is 1.98. The Hall–Kier alpha value is -1.13. The van der Waals surface area contributed by atoms with Gasteiger partial charge < -0.3 is 16.0 Å². The van der Waals surface area contributed by atoms with E-state index < -0.39 is 0 Å². The monoisotopic (exact) mass is 167 g/mol. The summed E-state index contributed by atoms with van der Waals surface area (Å²) in [5.41, 5.74) is 11.3. The minimum absolute atomic E-state index is 0.0366. The molecule has 1 rings (SSSR count). The van der Waals surface area contributed by atoms with Crippen LogP contribution < -0.4 is 17.0 Å². The van der Waals surface area contributed by atoms with Crippen LogP contribution in [0.15, 0.2) is 23.1 Å². The molecule has 4 N–H and O–H groups in total. The van der Waals surface area contributed by atoms with Crippen molar-refractivity contribution < 1.29 is 0 Å². The topological polar surface area (TPSA) is 74.0 Å². The Bertz CT molecular complexity index is 305. The first-order valence-electron chi connectivity index (χ1n) is 3.88. The van der Waals surface area contributed by atoms with Crippen LogP contribution >= 0.6 is 0 Å². The molecule has 0 saturated heterocycles. The second-order valence-corrected chi connectivity index (χ2v) is 2.52. The van der Waals surface area contributed by atoms with Gasteiger partial charge in [-0.25, -0.2) is 0 Å². The van der Waals surface area contributed by atoms with Crippen LogP contribution in [0.25, 0.3) is 0 Å². The zero-order valence-corrected chi connectivity index (χ0v) is 6.86. The molecule has 0 aliphatic heterocycles. The van der Waals surface area contributed by atoms with Crippen molar-refractivity contribution in [3.8, 4) is 0 Å². The molecule has 0 aliphatic rings. The van der Waals surface area contributed by atoms with Crippen molar-refractivity contribution in [1.82, 2.24) is 4.57 Å². The third-order valence-corrected chi connectivity index (χ3v) is 1.69. The Balaban J connectivity index is 3.06. The van der Waals surface area contributed by atoms with Gasteiger partial charge in [0.15, 0.2) is 0 Å². The molecule has 0 aromatic carbocycles. The van der Waals surface area contributed by atoms with Gasteiger partial charge >= 0.3 is 0 Å². The van der Waals surface area contributed by atoms with Crippen molar-refractivity contribution in [3.05, 3.63) is 34.2 Å². The minimum Gasteiger partial charge on any atom is -0.329 e. The molecule has 0 spiro atoms. The molecule has 4 nitrogen and oxygen atoms in total. The summed E-state index contributed by atoms with van der Waals surface area (Å²) in [5.74, 6) is 0. The second-order valence-electron chi connectivity index (χ2n) is 2.52. The SMILES string of the molecule is NCCn1cccc(CN)c1=O. The quantitative estimate of drug-likeness (QED) is 0.623. The second kappa shape index (κ2) is 4.04. The third kappa shape index (κ3) is 1.72. The first-order chi connectivity index (χ1) is 5.79. The van der Waals surface area contributed by atoms with Crippen molar-refractivity contribution >= 4 is 0 Å². The summed E-state index contributed by atoms with van der Waals surface area (Å²) in [7, 11) is 0. The van der Waals surface area contributed by atoms with Crippen LogP contribution in [0, 0.1) is 0 Å². The predicted molar refractivity (Wildman–Crippen MR) is 47.6 cm³/mol. The first kappa shape index (κ1) is 8.96. The van der Waals surface area contributed by atoms with Crippen molar-refractivity contribution in [2.24, 2.45) is 11.5 Å². The highest BCUT2D eigenvalue weighted by atomic mass is 16.1. The van der Waals surface area contributed by atoms with Gasteiger partial charge in [0.1, 0.15) is 0 Å². The molecule has 0 aliphatic carbocycles. The Labute approximate surface area is 70.8 Å². The van der Waals surface area contributed by atoms with E-state index in [1.807, 2.05) is 0 Å². The summed E-state index contributed by atoms with van der Waals surface area (Å²) in [6, 6.07) is 3.54. The molecule has 1 aromatic rings. The molecule has 12 heavy (non-hydrogen) atoms. The Morgan fingerprint density at radius 2 is 2.17 bits per heavy atom. The largest absolute Gasteiger partial charge is 0.329 e. The minimum atomic E-state index is -0.0366. The van der Waals surface area contributed by atoms with Gasteiger partial charge in [-0.1, -0.05) is 6.07 Å². The van der Waals surface area contributed by atoms with Crippen molar-refractivity contribution in [3.63, 3.8) is 0 Å². The van der Waals surface area contributed by atoms with E-state index in [1.165, 1.54) is 0 Å². The average molecular weight is 167 g/mol. The van der Waals surface area contributed by atoms with Crippen LogP contribution in [0.3, 0.4) is 0 Å². The molecule has 0 fully saturated rings. The molecule has 0 unspecified atom stereocenters. The number of aromatic nitrogens is 1. The molecule has 1 heterocycles. The van der Waals surface area contributed by atoms with Gasteiger partial charge in [0.25, 0.3) is 5.56 Å². The maximum atomic E-state index is 11.4. The van der Waals surface area contributed by atoms with Gasteiger partial charge in [0.2, 0.25) is 0 Å². The van der Waals surface area contributed by atoms with E-state index in [4.69, 9.17) is 11.5 Å². The van der Waals surface area contributed by atoms with Gasteiger partial charge in [-0.3, -0.25) is 4.79 Å². The molecule has 0 atom stereocenters. The van der Waals surface area contributed by atoms with Gasteiger partial charge in [-0.15, -0.1) is 0 Å². The normalized spacial score (nSPS) is 10.2. The molecular formula is C8H13N3O. The van der Waals surface area contributed by atoms with Gasteiger partial charge in [0, 0.05) is 31.4 Å². The van der Waals surface area contributed by atoms with Gasteiger partial charge in [-0.2, -0.15) is 0 Å². The van der Waals surface area contributed by atoms with E-state index in [0.29, 0.717) is 18.7 Å². The Morgan fingerprint density at radius 3 is 2.75 bits per heavy atom. The number of rotatable bonds is 3. The van der Waals surface area contributed by atoms with Crippen molar-refractivity contribution in [2.45, 2.75) is 13.1 Å². The number of hydrogen-bond donors (Lipinski definition) is 2. The van der Waals surface area contributed by atoms with E-state index in [-0.39, 0.29) is 12.1 Å². The molecule has 0 radical (unpaired) electrons. The molecule has 0 bridgehead atoms. The van der Waals surface area contributed by atoms with Crippen LogP contribution in [0.2, 0.25) is 0 Å². The number of pyridine rings is 1. The zero-order chi connectivity index (χ0) is 8.97. The van der Waals surface area contributed by atoms with Crippen LogP contribution in [0.5, 0.6) is 0 Å². The van der Waals surface area contributed by atoms with E-state index in [1.54, 1.807) is 22.9 Å². The summed E-state index contributed by atoms with van der Waals surface area (Å²) in [6.07, 6.45) is 1.72. The van der Waals surface area contributed by atoms with Crippen LogP contribution in [0.4, 0.5) is 0 Å². The Morgan fingerprint density at radius 1 is 1.42 bits per heavy atom. The first-order valence-corrected chi connectivity index (χ1v) is 3.88. The number of nitrogens with zero attached hydrogens (tertiary/aromatic N) is 1. The molecule has 4 heteroatoms. The van der Waals surface area contributed by atoms with Gasteiger partial charge in [-0.05, 0) is 6.07 Å². The summed E-state index contributed by atoms with van der Waals surface area (Å²) in [4.78, 5) is 11.4. The molecule has 66 valence electrons. The van der Waals surface area contributed by atoms with Crippen LogP contribution in [-0.2, 0) is 13.1 Å². The Kier molecular flexibility index (Phi) is 3.01. The smallest absolute Gasteiger partial charge is 0.255 e. The van der Waals surface area contributed by atoms with Crippen LogP contribution in [-0.4, -0.2) is 11.1 Å². The number of hydrogen-bond acceptors (Lipinski definition) is 3. The zero-order valence-electron chi connectivity index (χ0n) is 6.86. The van der Waals surface area contributed by atoms with Crippen molar-refractivity contribution in [1.29, 1.82) is 0 Å². The summed E-state index contributed by atoms with van der Waals surface area (Å²) in [6.45, 7) is 1.30. The number of nitrogens with two attached hydrogens (primary N) is 2. The van der Waals surface area contributed by atoms with E-state index in [0.717, 1.165) is 0 Å². The third-order valence-electron chi connectivity index (χ3n) is 1.69. The molecular weight excluding hydrogens is 154 g/mol. The lowest BCUT2D eigenvalue weighted by atomic mass is 10.3. The van der Waals surface area contributed by atoms with Gasteiger partial charge in [0.05, 0.1) is 0 Å². The lowest BCUT2D eigenvalue weighted by molar-refractivity contribution is 0.672. The lowest BCUT2D eigenvalue weighted by Gasteiger charge is -2.04. The lowest BCUT2D eigenvalue weighted by Crippen LogP contribution is -2.27.